The molecule has 2 rings (SSSR count). The number of carbonyl (C=O) groups excluding carboxylic acids is 1. The van der Waals surface area contributed by atoms with Crippen LogP contribution in [0.25, 0.3) is 0 Å². The number of carbonyl (C=O) groups is 1. The average Bonchev–Trinajstić information content (AvgIpc) is 2.42. The van der Waals surface area contributed by atoms with Crippen LogP contribution in [0.3, 0.4) is 0 Å². The summed E-state index contributed by atoms with van der Waals surface area (Å²) in [7, 11) is 1.35. The molecule has 0 radical (unpaired) electrons. The molecule has 0 bridgehead atoms. The van der Waals surface area contributed by atoms with Crippen LogP contribution in [-0.4, -0.2) is 13.1 Å². The second-order valence-electron chi connectivity index (χ2n) is 3.87. The average molecular weight is 368 g/mol. The summed E-state index contributed by atoms with van der Waals surface area (Å²) in [5.74, 6) is -0.416. The Labute approximate surface area is 125 Å². The molecule has 0 heterocycles. The molecule has 0 saturated heterocycles. The van der Waals surface area contributed by atoms with E-state index in [0.717, 1.165) is 9.26 Å². The Morgan fingerprint density at radius 3 is 2.63 bits per heavy atom. The van der Waals surface area contributed by atoms with Gasteiger partial charge in [0.2, 0.25) is 0 Å². The van der Waals surface area contributed by atoms with E-state index in [-0.39, 0.29) is 0 Å². The number of nitrogens with two attached hydrogens (primary N) is 1. The lowest BCUT2D eigenvalue weighted by atomic mass is 10.1. The molecule has 0 spiro atoms. The minimum atomic E-state index is -0.416. The third kappa shape index (κ3) is 2.98. The standard InChI is InChI=1S/C14H13IN2O2/c1-19-14(18)9-5-4-7-11(16)13(9)17-12-8-3-2-6-10(12)15/h2-8,17H,16H2,1H3. The molecule has 4 nitrogen and oxygen atoms in total. The summed E-state index contributed by atoms with van der Waals surface area (Å²) < 4.78 is 5.80. The zero-order valence-electron chi connectivity index (χ0n) is 10.3. The predicted molar refractivity (Wildman–Crippen MR) is 84.6 cm³/mol. The van der Waals surface area contributed by atoms with Crippen LogP contribution in [0.15, 0.2) is 42.5 Å². The van der Waals surface area contributed by atoms with Gasteiger partial charge in [0.15, 0.2) is 0 Å². The van der Waals surface area contributed by atoms with Gasteiger partial charge in [0, 0.05) is 3.57 Å². The topological polar surface area (TPSA) is 64.3 Å². The van der Waals surface area contributed by atoms with Crippen LogP contribution in [-0.2, 0) is 4.74 Å². The number of benzene rings is 2. The lowest BCUT2D eigenvalue weighted by Crippen LogP contribution is -2.08. The highest BCUT2D eigenvalue weighted by molar-refractivity contribution is 14.1. The number of para-hydroxylation sites is 2. The number of halogens is 1. The number of nitrogens with one attached hydrogen (secondary N) is 1. The monoisotopic (exact) mass is 368 g/mol. The first kappa shape index (κ1) is 13.7. The Bertz CT molecular complexity index is 614. The first-order chi connectivity index (χ1) is 9.13. The summed E-state index contributed by atoms with van der Waals surface area (Å²) in [6.45, 7) is 0. The number of anilines is 3. The van der Waals surface area contributed by atoms with Crippen molar-refractivity contribution < 1.29 is 9.53 Å². The third-order valence-electron chi connectivity index (χ3n) is 2.64. The summed E-state index contributed by atoms with van der Waals surface area (Å²) in [6, 6.07) is 12.9. The number of methoxy groups -OCH3 is 1. The van der Waals surface area contributed by atoms with Crippen molar-refractivity contribution >= 4 is 45.6 Å². The van der Waals surface area contributed by atoms with Gasteiger partial charge < -0.3 is 15.8 Å². The van der Waals surface area contributed by atoms with Crippen LogP contribution in [0.5, 0.6) is 0 Å². The maximum Gasteiger partial charge on any atom is 0.340 e. The highest BCUT2D eigenvalue weighted by Gasteiger charge is 2.14. The largest absolute Gasteiger partial charge is 0.465 e. The van der Waals surface area contributed by atoms with Crippen LogP contribution in [0.4, 0.5) is 17.1 Å². The molecule has 98 valence electrons. The zero-order valence-corrected chi connectivity index (χ0v) is 12.5. The van der Waals surface area contributed by atoms with Crippen LogP contribution >= 0.6 is 22.6 Å². The molecule has 0 aliphatic rings. The fourth-order valence-electron chi connectivity index (χ4n) is 1.69. The SMILES string of the molecule is COC(=O)c1cccc(N)c1Nc1ccccc1I. The van der Waals surface area contributed by atoms with E-state index in [1.54, 1.807) is 18.2 Å². The molecule has 0 saturated carbocycles. The normalized spacial score (nSPS) is 10.0. The minimum Gasteiger partial charge on any atom is -0.465 e. The molecule has 5 heteroatoms. The van der Waals surface area contributed by atoms with Crippen LogP contribution in [0.2, 0.25) is 0 Å². The van der Waals surface area contributed by atoms with Gasteiger partial charge in [-0.2, -0.15) is 0 Å². The van der Waals surface area contributed by atoms with Crippen LogP contribution < -0.4 is 11.1 Å². The van der Waals surface area contributed by atoms with E-state index < -0.39 is 5.97 Å². The molecule has 0 aliphatic carbocycles. The van der Waals surface area contributed by atoms with Crippen LogP contribution in [0, 0.1) is 3.57 Å². The minimum absolute atomic E-state index is 0.416. The highest BCUT2D eigenvalue weighted by atomic mass is 127. The van der Waals surface area contributed by atoms with Gasteiger partial charge in [0.1, 0.15) is 0 Å². The maximum absolute atomic E-state index is 11.7. The van der Waals surface area contributed by atoms with Crippen LogP contribution in [0.1, 0.15) is 10.4 Å². The van der Waals surface area contributed by atoms with Gasteiger partial charge in [0.25, 0.3) is 0 Å². The van der Waals surface area contributed by atoms with Crippen molar-refractivity contribution in [1.29, 1.82) is 0 Å². The lowest BCUT2D eigenvalue weighted by Gasteiger charge is -2.14. The van der Waals surface area contributed by atoms with Crippen molar-refractivity contribution in [2.75, 3.05) is 18.2 Å². The molecular formula is C14H13IN2O2. The van der Waals surface area contributed by atoms with Crippen molar-refractivity contribution in [2.45, 2.75) is 0 Å². The van der Waals surface area contributed by atoms with Gasteiger partial charge in [-0.05, 0) is 46.9 Å². The van der Waals surface area contributed by atoms with Gasteiger partial charge in [-0.15, -0.1) is 0 Å². The Morgan fingerprint density at radius 1 is 1.21 bits per heavy atom. The van der Waals surface area contributed by atoms with Gasteiger partial charge in [-0.25, -0.2) is 4.79 Å². The molecule has 0 fully saturated rings. The summed E-state index contributed by atoms with van der Waals surface area (Å²) in [5, 5.41) is 3.19. The number of nitrogen functional groups attached to an aromatic ring is 1. The van der Waals surface area contributed by atoms with E-state index in [9.17, 15) is 4.79 Å². The predicted octanol–water partition coefficient (Wildman–Crippen LogP) is 3.40. The number of esters is 1. The molecule has 0 amide bonds. The number of ether oxygens (including phenoxy) is 1. The van der Waals surface area contributed by atoms with E-state index in [4.69, 9.17) is 10.5 Å². The van der Waals surface area contributed by atoms with Gasteiger partial charge >= 0.3 is 5.97 Å². The lowest BCUT2D eigenvalue weighted by molar-refractivity contribution is 0.0602. The van der Waals surface area contributed by atoms with Crippen molar-refractivity contribution in [3.63, 3.8) is 0 Å². The first-order valence-electron chi connectivity index (χ1n) is 5.62. The molecule has 2 aromatic rings. The molecule has 0 atom stereocenters. The first-order valence-corrected chi connectivity index (χ1v) is 6.69. The second-order valence-corrected chi connectivity index (χ2v) is 5.03. The fraction of sp³-hybridized carbons (Fsp3) is 0.0714. The molecular weight excluding hydrogens is 355 g/mol. The zero-order chi connectivity index (χ0) is 13.8. The number of rotatable bonds is 3. The highest BCUT2D eigenvalue weighted by Crippen LogP contribution is 2.29. The van der Waals surface area contributed by atoms with Gasteiger partial charge in [0.05, 0.1) is 29.7 Å². The molecule has 0 aromatic heterocycles. The second kappa shape index (κ2) is 5.92. The van der Waals surface area contributed by atoms with Gasteiger partial charge in [-0.3, -0.25) is 0 Å². The summed E-state index contributed by atoms with van der Waals surface area (Å²) in [5.41, 5.74) is 8.32. The Morgan fingerprint density at radius 2 is 1.95 bits per heavy atom. The van der Waals surface area contributed by atoms with Crippen molar-refractivity contribution in [2.24, 2.45) is 0 Å². The van der Waals surface area contributed by atoms with Gasteiger partial charge in [-0.1, -0.05) is 18.2 Å². The fourth-order valence-corrected chi connectivity index (χ4v) is 2.21. The van der Waals surface area contributed by atoms with Crippen molar-refractivity contribution in [3.05, 3.63) is 51.6 Å². The molecule has 0 aliphatic heterocycles. The quantitative estimate of drug-likeness (QED) is 0.495. The van der Waals surface area contributed by atoms with E-state index in [1.165, 1.54) is 7.11 Å². The van der Waals surface area contributed by atoms with E-state index in [0.29, 0.717) is 16.9 Å². The molecule has 19 heavy (non-hydrogen) atoms. The number of hydrogen-bond donors (Lipinski definition) is 2. The van der Waals surface area contributed by atoms with E-state index >= 15 is 0 Å². The molecule has 0 unspecified atom stereocenters. The smallest absolute Gasteiger partial charge is 0.340 e. The van der Waals surface area contributed by atoms with Crippen molar-refractivity contribution in [1.82, 2.24) is 0 Å². The van der Waals surface area contributed by atoms with E-state index in [2.05, 4.69) is 27.9 Å². The maximum atomic E-state index is 11.7. The molecule has 3 N–H and O–H groups in total. The van der Waals surface area contributed by atoms with Crippen molar-refractivity contribution in [3.8, 4) is 0 Å². The van der Waals surface area contributed by atoms with E-state index in [1.807, 2.05) is 24.3 Å². The Balaban J connectivity index is 2.45. The molecule has 2 aromatic carbocycles. The summed E-state index contributed by atoms with van der Waals surface area (Å²) in [4.78, 5) is 11.7. The number of hydrogen-bond acceptors (Lipinski definition) is 4. The summed E-state index contributed by atoms with van der Waals surface area (Å²) >= 11 is 2.22. The summed E-state index contributed by atoms with van der Waals surface area (Å²) in [6.07, 6.45) is 0. The Kier molecular flexibility index (Phi) is 4.26. The third-order valence-corrected chi connectivity index (χ3v) is 3.58. The Hall–Kier alpha value is -1.76.